The minimum Gasteiger partial charge on any atom is -0.369 e. The summed E-state index contributed by atoms with van der Waals surface area (Å²) >= 11 is 12.0. The fourth-order valence-electron chi connectivity index (χ4n) is 3.03. The largest absolute Gasteiger partial charge is 0.369 e. The molecule has 1 aliphatic rings. The number of piperazine rings is 1. The second-order valence-corrected chi connectivity index (χ2v) is 7.43. The van der Waals surface area contributed by atoms with Crippen LogP contribution in [0.3, 0.4) is 0 Å². The molecule has 0 aromatic heterocycles. The average molecular weight is 392 g/mol. The second kappa shape index (κ2) is 8.76. The van der Waals surface area contributed by atoms with Gasteiger partial charge in [0.15, 0.2) is 0 Å². The van der Waals surface area contributed by atoms with E-state index in [0.717, 1.165) is 32.6 Å². The number of nitrogens with zero attached hydrogens (tertiary/aromatic N) is 2. The lowest BCUT2D eigenvalue weighted by atomic mass is 10.1. The van der Waals surface area contributed by atoms with E-state index in [1.807, 2.05) is 0 Å². The van der Waals surface area contributed by atoms with Gasteiger partial charge in [0.1, 0.15) is 0 Å². The van der Waals surface area contributed by atoms with E-state index >= 15 is 0 Å². The van der Waals surface area contributed by atoms with Gasteiger partial charge in [-0.1, -0.05) is 35.3 Å². The molecule has 0 spiro atoms. The summed E-state index contributed by atoms with van der Waals surface area (Å²) in [7, 11) is 2.16. The zero-order valence-corrected chi connectivity index (χ0v) is 16.4. The standard InChI is InChI=1S/C20H23Cl2N3O/c1-24-10-12-25(13-11-24)17-5-2-15(3-6-17)8-9-23-20(26)18-14-16(21)4-7-19(18)22/h2-7,14H,8-13H2,1H3,(H,23,26). The van der Waals surface area contributed by atoms with Crippen molar-refractivity contribution in [1.82, 2.24) is 10.2 Å². The van der Waals surface area contributed by atoms with E-state index in [0.29, 0.717) is 22.2 Å². The Morgan fingerprint density at radius 1 is 1.04 bits per heavy atom. The highest BCUT2D eigenvalue weighted by Gasteiger charge is 2.14. The van der Waals surface area contributed by atoms with E-state index < -0.39 is 0 Å². The Bertz CT molecular complexity index is 756. The number of carbonyl (C=O) groups is 1. The highest BCUT2D eigenvalue weighted by Crippen LogP contribution is 2.20. The molecule has 1 fully saturated rings. The smallest absolute Gasteiger partial charge is 0.252 e. The maximum atomic E-state index is 12.2. The summed E-state index contributed by atoms with van der Waals surface area (Å²) < 4.78 is 0. The third-order valence-electron chi connectivity index (χ3n) is 4.68. The SMILES string of the molecule is CN1CCN(c2ccc(CCNC(=O)c3cc(Cl)ccc3Cl)cc2)CC1. The molecule has 26 heavy (non-hydrogen) atoms. The lowest BCUT2D eigenvalue weighted by molar-refractivity contribution is 0.0954. The van der Waals surface area contributed by atoms with Gasteiger partial charge in [0.05, 0.1) is 10.6 Å². The van der Waals surface area contributed by atoms with Gasteiger partial charge >= 0.3 is 0 Å². The van der Waals surface area contributed by atoms with Gasteiger partial charge in [0.25, 0.3) is 5.91 Å². The second-order valence-electron chi connectivity index (χ2n) is 6.59. The first-order valence-electron chi connectivity index (χ1n) is 8.78. The zero-order chi connectivity index (χ0) is 18.5. The van der Waals surface area contributed by atoms with E-state index in [4.69, 9.17) is 23.2 Å². The predicted octanol–water partition coefficient (Wildman–Crippen LogP) is 3.72. The zero-order valence-electron chi connectivity index (χ0n) is 14.8. The Balaban J connectivity index is 1.50. The molecule has 0 unspecified atom stereocenters. The molecule has 0 aliphatic carbocycles. The summed E-state index contributed by atoms with van der Waals surface area (Å²) in [5.74, 6) is -0.202. The Hall–Kier alpha value is -1.75. The van der Waals surface area contributed by atoms with Crippen molar-refractivity contribution >= 4 is 34.8 Å². The molecule has 1 N–H and O–H groups in total. The number of hydrogen-bond donors (Lipinski definition) is 1. The molecule has 2 aromatic carbocycles. The minimum absolute atomic E-state index is 0.202. The molecule has 0 radical (unpaired) electrons. The molecule has 0 saturated carbocycles. The number of halogens is 2. The van der Waals surface area contributed by atoms with Crippen LogP contribution in [0, 0.1) is 0 Å². The average Bonchev–Trinajstić information content (AvgIpc) is 2.65. The molecule has 138 valence electrons. The number of likely N-dealkylation sites (N-methyl/N-ethyl adjacent to an activating group) is 1. The topological polar surface area (TPSA) is 35.6 Å². The summed E-state index contributed by atoms with van der Waals surface area (Å²) in [5.41, 5.74) is 2.86. The molecule has 0 atom stereocenters. The van der Waals surface area contributed by atoms with Crippen molar-refractivity contribution in [2.24, 2.45) is 0 Å². The molecule has 6 heteroatoms. The van der Waals surface area contributed by atoms with Crippen LogP contribution in [0.1, 0.15) is 15.9 Å². The van der Waals surface area contributed by atoms with Crippen molar-refractivity contribution in [2.75, 3.05) is 44.7 Å². The molecule has 1 saturated heterocycles. The fourth-order valence-corrected chi connectivity index (χ4v) is 3.40. The van der Waals surface area contributed by atoms with Gasteiger partial charge < -0.3 is 15.1 Å². The molecule has 1 amide bonds. The maximum absolute atomic E-state index is 12.2. The van der Waals surface area contributed by atoms with Gasteiger partial charge in [-0.05, 0) is 49.4 Å². The normalized spacial score (nSPS) is 15.1. The minimum atomic E-state index is -0.202. The first kappa shape index (κ1) is 19.0. The van der Waals surface area contributed by atoms with E-state index in [2.05, 4.69) is 46.4 Å². The van der Waals surface area contributed by atoms with Crippen molar-refractivity contribution in [3.05, 3.63) is 63.6 Å². The van der Waals surface area contributed by atoms with Crippen LogP contribution in [0.5, 0.6) is 0 Å². The van der Waals surface area contributed by atoms with E-state index in [1.54, 1.807) is 18.2 Å². The molecule has 4 nitrogen and oxygen atoms in total. The van der Waals surface area contributed by atoms with E-state index in [-0.39, 0.29) is 5.91 Å². The summed E-state index contributed by atoms with van der Waals surface area (Å²) in [4.78, 5) is 17.0. The van der Waals surface area contributed by atoms with Gasteiger partial charge in [-0.2, -0.15) is 0 Å². The number of rotatable bonds is 5. The van der Waals surface area contributed by atoms with Gasteiger partial charge in [-0.3, -0.25) is 4.79 Å². The first-order valence-corrected chi connectivity index (χ1v) is 9.54. The van der Waals surface area contributed by atoms with Crippen LogP contribution in [0.2, 0.25) is 10.0 Å². The van der Waals surface area contributed by atoms with Crippen LogP contribution >= 0.6 is 23.2 Å². The molecular weight excluding hydrogens is 369 g/mol. The van der Waals surface area contributed by atoms with Crippen LogP contribution in [-0.4, -0.2) is 50.6 Å². The first-order chi connectivity index (χ1) is 12.5. The molecule has 1 heterocycles. The van der Waals surface area contributed by atoms with Crippen LogP contribution in [0.4, 0.5) is 5.69 Å². The summed E-state index contributed by atoms with van der Waals surface area (Å²) in [6, 6.07) is 13.5. The van der Waals surface area contributed by atoms with Crippen LogP contribution in [-0.2, 0) is 6.42 Å². The number of amides is 1. The fraction of sp³-hybridized carbons (Fsp3) is 0.350. The van der Waals surface area contributed by atoms with Gasteiger partial charge in [0.2, 0.25) is 0 Å². The van der Waals surface area contributed by atoms with E-state index in [9.17, 15) is 4.79 Å². The van der Waals surface area contributed by atoms with Gasteiger partial charge in [-0.15, -0.1) is 0 Å². The maximum Gasteiger partial charge on any atom is 0.252 e. The Labute approximate surface area is 164 Å². The molecule has 3 rings (SSSR count). The number of hydrogen-bond acceptors (Lipinski definition) is 3. The Morgan fingerprint density at radius 3 is 2.42 bits per heavy atom. The molecule has 2 aromatic rings. The molecule has 1 aliphatic heterocycles. The van der Waals surface area contributed by atoms with Crippen molar-refractivity contribution in [2.45, 2.75) is 6.42 Å². The van der Waals surface area contributed by atoms with Gasteiger partial charge in [0, 0.05) is 43.4 Å². The van der Waals surface area contributed by atoms with Crippen molar-refractivity contribution in [3.63, 3.8) is 0 Å². The monoisotopic (exact) mass is 391 g/mol. The summed E-state index contributed by atoms with van der Waals surface area (Å²) in [5, 5.41) is 3.81. The predicted molar refractivity (Wildman–Crippen MR) is 109 cm³/mol. The van der Waals surface area contributed by atoms with Crippen molar-refractivity contribution in [3.8, 4) is 0 Å². The van der Waals surface area contributed by atoms with Gasteiger partial charge in [-0.25, -0.2) is 0 Å². The summed E-state index contributed by atoms with van der Waals surface area (Å²) in [6.45, 7) is 4.87. The number of anilines is 1. The number of benzene rings is 2. The number of carbonyl (C=O) groups excluding carboxylic acids is 1. The molecular formula is C20H23Cl2N3O. The van der Waals surface area contributed by atoms with Crippen LogP contribution in [0.15, 0.2) is 42.5 Å². The van der Waals surface area contributed by atoms with E-state index in [1.165, 1.54) is 11.3 Å². The Morgan fingerprint density at radius 2 is 1.73 bits per heavy atom. The summed E-state index contributed by atoms with van der Waals surface area (Å²) in [6.07, 6.45) is 0.771. The van der Waals surface area contributed by atoms with Crippen LogP contribution < -0.4 is 10.2 Å². The van der Waals surface area contributed by atoms with Crippen LogP contribution in [0.25, 0.3) is 0 Å². The lowest BCUT2D eigenvalue weighted by Crippen LogP contribution is -2.44. The van der Waals surface area contributed by atoms with Crippen molar-refractivity contribution < 1.29 is 4.79 Å². The highest BCUT2D eigenvalue weighted by molar-refractivity contribution is 6.35. The van der Waals surface area contributed by atoms with Crippen molar-refractivity contribution in [1.29, 1.82) is 0 Å². The highest BCUT2D eigenvalue weighted by atomic mass is 35.5. The number of nitrogens with one attached hydrogen (secondary N) is 1. The Kier molecular flexibility index (Phi) is 6.41. The third kappa shape index (κ3) is 4.91. The molecule has 0 bridgehead atoms. The lowest BCUT2D eigenvalue weighted by Gasteiger charge is -2.34. The quantitative estimate of drug-likeness (QED) is 0.843. The third-order valence-corrected chi connectivity index (χ3v) is 5.24.